The van der Waals surface area contributed by atoms with Crippen LogP contribution >= 0.6 is 0 Å². The van der Waals surface area contributed by atoms with E-state index in [1.54, 1.807) is 12.1 Å². The summed E-state index contributed by atoms with van der Waals surface area (Å²) >= 11 is 0. The number of aliphatic hydroxyl groups is 1. The minimum absolute atomic E-state index is 0.0298. The van der Waals surface area contributed by atoms with Gasteiger partial charge in [-0.15, -0.1) is 0 Å². The first-order valence-electron chi connectivity index (χ1n) is 7.22. The second-order valence-electron chi connectivity index (χ2n) is 5.82. The Morgan fingerprint density at radius 2 is 2.10 bits per heavy atom. The fourth-order valence-corrected chi connectivity index (χ4v) is 2.98. The average Bonchev–Trinajstić information content (AvgIpc) is 2.88. The van der Waals surface area contributed by atoms with Gasteiger partial charge in [-0.2, -0.15) is 4.98 Å². The Morgan fingerprint density at radius 1 is 1.30 bits per heavy atom. The first-order valence-corrected chi connectivity index (χ1v) is 7.22. The van der Waals surface area contributed by atoms with E-state index in [0.29, 0.717) is 18.2 Å². The molecule has 1 fully saturated rings. The van der Waals surface area contributed by atoms with Gasteiger partial charge < -0.3 is 20.6 Å². The van der Waals surface area contributed by atoms with Gasteiger partial charge in [0.2, 0.25) is 0 Å². The molecule has 0 atom stereocenters. The Bertz CT molecular complexity index is 588. The van der Waals surface area contributed by atoms with Crippen molar-refractivity contribution in [3.05, 3.63) is 18.2 Å². The summed E-state index contributed by atoms with van der Waals surface area (Å²) in [7, 11) is 0. The molecule has 0 amide bonds. The maximum absolute atomic E-state index is 9.69. The first-order chi connectivity index (χ1) is 9.71. The number of oxazole rings is 1. The molecular weight excluding hydrogens is 254 g/mol. The lowest BCUT2D eigenvalue weighted by molar-refractivity contribution is 0.0939. The molecule has 0 saturated heterocycles. The maximum atomic E-state index is 9.69. The molecule has 5 nitrogen and oxygen atoms in total. The summed E-state index contributed by atoms with van der Waals surface area (Å²) in [5, 5.41) is 12.9. The molecule has 0 radical (unpaired) electrons. The zero-order valence-electron chi connectivity index (χ0n) is 11.6. The van der Waals surface area contributed by atoms with E-state index in [9.17, 15) is 5.11 Å². The molecule has 1 aromatic carbocycles. The van der Waals surface area contributed by atoms with Gasteiger partial charge in [0.1, 0.15) is 5.52 Å². The van der Waals surface area contributed by atoms with E-state index in [-0.39, 0.29) is 12.0 Å². The van der Waals surface area contributed by atoms with Gasteiger partial charge in [0.15, 0.2) is 5.58 Å². The third-order valence-electron chi connectivity index (χ3n) is 4.28. The van der Waals surface area contributed by atoms with Crippen molar-refractivity contribution in [2.24, 2.45) is 5.41 Å². The molecule has 0 spiro atoms. The topological polar surface area (TPSA) is 84.3 Å². The summed E-state index contributed by atoms with van der Waals surface area (Å²) in [6.07, 6.45) is 5.76. The molecule has 1 aliphatic carbocycles. The molecule has 3 rings (SSSR count). The highest BCUT2D eigenvalue weighted by molar-refractivity contribution is 5.78. The van der Waals surface area contributed by atoms with E-state index in [2.05, 4.69) is 10.3 Å². The van der Waals surface area contributed by atoms with Crippen LogP contribution in [0.1, 0.15) is 32.1 Å². The normalized spacial score (nSPS) is 18.2. The molecule has 0 aliphatic heterocycles. The van der Waals surface area contributed by atoms with Crippen LogP contribution in [0.5, 0.6) is 0 Å². The van der Waals surface area contributed by atoms with Crippen LogP contribution in [0.25, 0.3) is 11.1 Å². The van der Waals surface area contributed by atoms with Gasteiger partial charge in [0, 0.05) is 17.6 Å². The zero-order valence-corrected chi connectivity index (χ0v) is 11.6. The van der Waals surface area contributed by atoms with Crippen LogP contribution in [-0.2, 0) is 0 Å². The lowest BCUT2D eigenvalue weighted by Gasteiger charge is -2.35. The van der Waals surface area contributed by atoms with Crippen LogP contribution in [0, 0.1) is 5.41 Å². The van der Waals surface area contributed by atoms with E-state index in [1.165, 1.54) is 19.3 Å². The molecule has 2 aromatic rings. The van der Waals surface area contributed by atoms with E-state index >= 15 is 0 Å². The van der Waals surface area contributed by atoms with Crippen molar-refractivity contribution >= 4 is 22.8 Å². The third kappa shape index (κ3) is 2.58. The number of aromatic nitrogens is 1. The lowest BCUT2D eigenvalue weighted by Crippen LogP contribution is -2.35. The van der Waals surface area contributed by atoms with Crippen molar-refractivity contribution in [2.75, 3.05) is 24.2 Å². The standard InChI is InChI=1S/C15H21N3O2/c16-11-4-5-13-12(8-11)18-14(20-13)17-9-15(10-19)6-2-1-3-7-15/h4-5,8,19H,1-3,6-7,9-10,16H2,(H,17,18). The van der Waals surface area contributed by atoms with E-state index < -0.39 is 0 Å². The number of anilines is 2. The van der Waals surface area contributed by atoms with Crippen molar-refractivity contribution in [3.63, 3.8) is 0 Å². The van der Waals surface area contributed by atoms with Crippen LogP contribution in [0.3, 0.4) is 0 Å². The summed E-state index contributed by atoms with van der Waals surface area (Å²) in [6, 6.07) is 5.93. The average molecular weight is 275 g/mol. The van der Waals surface area contributed by atoms with Gasteiger partial charge in [-0.3, -0.25) is 0 Å². The monoisotopic (exact) mass is 275 g/mol. The quantitative estimate of drug-likeness (QED) is 0.747. The number of rotatable bonds is 4. The van der Waals surface area contributed by atoms with Crippen molar-refractivity contribution < 1.29 is 9.52 Å². The lowest BCUT2D eigenvalue weighted by atomic mass is 9.74. The summed E-state index contributed by atoms with van der Waals surface area (Å²) < 4.78 is 5.64. The van der Waals surface area contributed by atoms with E-state index in [0.717, 1.165) is 23.9 Å². The highest BCUT2D eigenvalue weighted by Gasteiger charge is 2.31. The maximum Gasteiger partial charge on any atom is 0.295 e. The van der Waals surface area contributed by atoms with Crippen molar-refractivity contribution in [1.82, 2.24) is 4.98 Å². The Morgan fingerprint density at radius 3 is 2.85 bits per heavy atom. The fourth-order valence-electron chi connectivity index (χ4n) is 2.98. The molecule has 1 heterocycles. The summed E-state index contributed by atoms with van der Waals surface area (Å²) in [4.78, 5) is 4.38. The number of fused-ring (bicyclic) bond motifs is 1. The number of hydrogen-bond acceptors (Lipinski definition) is 5. The molecule has 1 saturated carbocycles. The largest absolute Gasteiger partial charge is 0.424 e. The minimum Gasteiger partial charge on any atom is -0.424 e. The first kappa shape index (κ1) is 13.2. The zero-order chi connectivity index (χ0) is 14.0. The molecule has 1 aliphatic rings. The number of nitrogen functional groups attached to an aromatic ring is 1. The van der Waals surface area contributed by atoms with Crippen LogP contribution in [0.15, 0.2) is 22.6 Å². The van der Waals surface area contributed by atoms with Crippen LogP contribution in [0.4, 0.5) is 11.7 Å². The van der Waals surface area contributed by atoms with E-state index in [1.807, 2.05) is 6.07 Å². The SMILES string of the molecule is Nc1ccc2oc(NCC3(CO)CCCCC3)nc2c1. The Balaban J connectivity index is 1.72. The number of aliphatic hydroxyl groups excluding tert-OH is 1. The number of nitrogens with zero attached hydrogens (tertiary/aromatic N) is 1. The number of nitrogens with one attached hydrogen (secondary N) is 1. The highest BCUT2D eigenvalue weighted by atomic mass is 16.4. The Labute approximate surface area is 118 Å². The molecule has 4 N–H and O–H groups in total. The van der Waals surface area contributed by atoms with Crippen LogP contribution in [0.2, 0.25) is 0 Å². The van der Waals surface area contributed by atoms with Crippen molar-refractivity contribution in [3.8, 4) is 0 Å². The minimum atomic E-state index is -0.0298. The Hall–Kier alpha value is -1.75. The van der Waals surface area contributed by atoms with Gasteiger partial charge in [-0.05, 0) is 31.0 Å². The molecule has 5 heteroatoms. The highest BCUT2D eigenvalue weighted by Crippen LogP contribution is 2.36. The summed E-state index contributed by atoms with van der Waals surface area (Å²) in [5.74, 6) is 0. The molecule has 0 unspecified atom stereocenters. The van der Waals surface area contributed by atoms with E-state index in [4.69, 9.17) is 10.2 Å². The summed E-state index contributed by atoms with van der Waals surface area (Å²) in [6.45, 7) is 0.916. The van der Waals surface area contributed by atoms with Gasteiger partial charge in [0.25, 0.3) is 6.01 Å². The van der Waals surface area contributed by atoms with Gasteiger partial charge >= 0.3 is 0 Å². The fraction of sp³-hybridized carbons (Fsp3) is 0.533. The van der Waals surface area contributed by atoms with Crippen LogP contribution in [-0.4, -0.2) is 23.2 Å². The Kier molecular flexibility index (Phi) is 3.53. The summed E-state index contributed by atoms with van der Waals surface area (Å²) in [5.41, 5.74) is 7.86. The molecule has 0 bridgehead atoms. The number of nitrogens with two attached hydrogens (primary N) is 1. The second-order valence-corrected chi connectivity index (χ2v) is 5.82. The predicted octanol–water partition coefficient (Wildman–Crippen LogP) is 2.76. The van der Waals surface area contributed by atoms with Gasteiger partial charge in [-0.25, -0.2) is 0 Å². The van der Waals surface area contributed by atoms with Crippen molar-refractivity contribution in [2.45, 2.75) is 32.1 Å². The molecule has 20 heavy (non-hydrogen) atoms. The molecule has 108 valence electrons. The molecular formula is C15H21N3O2. The van der Waals surface area contributed by atoms with Gasteiger partial charge in [0.05, 0.1) is 6.61 Å². The number of benzene rings is 1. The van der Waals surface area contributed by atoms with Crippen LogP contribution < -0.4 is 11.1 Å². The number of hydrogen-bond donors (Lipinski definition) is 3. The second kappa shape index (κ2) is 5.32. The molecule has 1 aromatic heterocycles. The van der Waals surface area contributed by atoms with Gasteiger partial charge in [-0.1, -0.05) is 19.3 Å². The van der Waals surface area contributed by atoms with Crippen molar-refractivity contribution in [1.29, 1.82) is 0 Å². The third-order valence-corrected chi connectivity index (χ3v) is 4.28. The predicted molar refractivity (Wildman–Crippen MR) is 79.5 cm³/mol. The smallest absolute Gasteiger partial charge is 0.295 e.